The van der Waals surface area contributed by atoms with Crippen LogP contribution in [-0.4, -0.2) is 201 Å². The van der Waals surface area contributed by atoms with E-state index in [1.54, 1.807) is 31.0 Å². The number of rotatable bonds is 27. The van der Waals surface area contributed by atoms with Gasteiger partial charge in [-0.3, -0.25) is 9.69 Å². The number of likely N-dealkylation sites (N-methyl/N-ethyl adjacent to an activating group) is 2. The maximum absolute atomic E-state index is 11.5. The van der Waals surface area contributed by atoms with E-state index in [9.17, 15) is 35.1 Å². The summed E-state index contributed by atoms with van der Waals surface area (Å²) >= 11 is 9.84. The number of carbonyl (C=O) groups is 2. The normalized spacial score (nSPS) is 16.8. The lowest BCUT2D eigenvalue weighted by Gasteiger charge is -2.40. The van der Waals surface area contributed by atoms with E-state index < -0.39 is 28.7 Å². The lowest BCUT2D eigenvalue weighted by molar-refractivity contribution is -0.138. The van der Waals surface area contributed by atoms with Crippen LogP contribution in [0.5, 0.6) is 17.2 Å². The number of benzene rings is 8. The molecule has 2 unspecified atom stereocenters. The molecule has 8 aromatic carbocycles. The summed E-state index contributed by atoms with van der Waals surface area (Å²) in [7, 11) is 9.91. The average molecular weight is 1660 g/mol. The molecule has 3 atom stereocenters. The molecule has 0 spiro atoms. The standard InChI is InChI=1S/C35H36ClNO3S.C21H25N3O2S.C17H27NO2.C16H25NO2.C7H7NO3/c1-34(2,40)30-9-4-3-7-25(30)13-17-32(41-23-35(18-19-35)22-33(38)39)27-8-5-6-24(20-27)10-15-29-16-12-26-11-14-28(36)21-31(26)37-29;25-14-16-26-15-13-23-9-11-24(12-10-23)21-17-5-1-3-7-19(17)27-20-8-4-2-6-18(20)22-21;1-18(2)13-16(17(19)11-5-4-6-12-17)14-7-9-15(20-3)10-8-14;1-17(2)12-15(13-6-8-14(18)9-7-13)16(19)10-4-3-5-11-16;8-4-1-2-6(9)5(3-4)7(10)11/h3-12,14-16,20-21,32,40H,13,17-19,22-23H2,1-2H3,(H,38,39);1-8,25H,9-16H2;7-10,16,19H,4-6,11-13H2,1-3H3;6-9,15,18-19H,3-5,10-12H2,1-2H3;1-3,9H,8H2,(H,10,11)/b15-10+;;;;/t32-;;;;/m1..../s1. The summed E-state index contributed by atoms with van der Waals surface area (Å²) in [6.07, 6.45) is 18.6. The molecule has 19 nitrogen and oxygen atoms in total. The number of nitrogens with zero attached hydrogens (tertiary/aromatic N) is 6. The number of phenols is 2. The molecule has 1 aromatic heterocycles. The Labute approximate surface area is 710 Å². The van der Waals surface area contributed by atoms with Crippen molar-refractivity contribution in [3.05, 3.63) is 249 Å². The van der Waals surface area contributed by atoms with Gasteiger partial charge in [-0.1, -0.05) is 183 Å². The van der Waals surface area contributed by atoms with Crippen LogP contribution in [0.4, 0.5) is 11.4 Å². The molecule has 0 radical (unpaired) electrons. The highest BCUT2D eigenvalue weighted by Crippen LogP contribution is 2.54. The molecule has 3 heterocycles. The molecule has 118 heavy (non-hydrogen) atoms. The van der Waals surface area contributed by atoms with E-state index in [4.69, 9.17) is 52.1 Å². The second kappa shape index (κ2) is 43.9. The van der Waals surface area contributed by atoms with Crippen LogP contribution >= 0.6 is 35.1 Å². The fourth-order valence-corrected chi connectivity index (χ4v) is 18.8. The van der Waals surface area contributed by atoms with E-state index >= 15 is 0 Å². The summed E-state index contributed by atoms with van der Waals surface area (Å²) in [6.45, 7) is 11.4. The number of aliphatic hydroxyl groups excluding tert-OH is 1. The highest BCUT2D eigenvalue weighted by atomic mass is 35.5. The first-order valence-electron chi connectivity index (χ1n) is 41.2. The third kappa shape index (κ3) is 27.1. The van der Waals surface area contributed by atoms with E-state index in [2.05, 4.69) is 137 Å². The Morgan fingerprint density at radius 3 is 1.88 bits per heavy atom. The maximum Gasteiger partial charge on any atom is 0.339 e. The van der Waals surface area contributed by atoms with E-state index in [-0.39, 0.29) is 52.6 Å². The van der Waals surface area contributed by atoms with E-state index in [0.717, 1.165) is 185 Å². The van der Waals surface area contributed by atoms with Gasteiger partial charge < -0.3 is 70.8 Å². The zero-order chi connectivity index (χ0) is 84.4. The van der Waals surface area contributed by atoms with Gasteiger partial charge in [-0.15, -0.1) is 0 Å². The SMILES string of the molecule is CC(C)(O)c1ccccc1CC[C@@H](SCC1(CC(=O)O)CC1)c1cccc(/C=C/c2ccc3ccc(Cl)cc3n2)c1.CN(C)CC(c1ccc(O)cc1)C1(O)CCCCC1.COc1ccc(C(CN(C)C)C2(O)CCCCC2)cc1.Nc1ccc(O)c(C(=O)O)c1.OCCOCCN1CCN(C2=Nc3ccccc3Sc3ccccc32)CC1. The number of thioether (sulfide) groups is 1. The molecule has 630 valence electrons. The first-order chi connectivity index (χ1) is 56.6. The number of aliphatic hydroxyl groups is 4. The summed E-state index contributed by atoms with van der Waals surface area (Å²) in [5.41, 5.74) is 14.0. The monoisotopic (exact) mass is 1660 g/mol. The minimum Gasteiger partial charge on any atom is -0.508 e. The largest absolute Gasteiger partial charge is 0.508 e. The highest BCUT2D eigenvalue weighted by molar-refractivity contribution is 7.99. The number of anilines is 1. The smallest absolute Gasteiger partial charge is 0.339 e. The Balaban J connectivity index is 0.000000165. The van der Waals surface area contributed by atoms with Gasteiger partial charge in [0.05, 0.1) is 67.1 Å². The van der Waals surface area contributed by atoms with Crippen molar-refractivity contribution in [2.24, 2.45) is 10.4 Å². The summed E-state index contributed by atoms with van der Waals surface area (Å²) in [6, 6.07) is 62.8. The van der Waals surface area contributed by atoms with Crippen LogP contribution in [0.3, 0.4) is 0 Å². The fraction of sp³-hybridized carbons (Fsp3) is 0.417. The van der Waals surface area contributed by atoms with Gasteiger partial charge in [0.15, 0.2) is 0 Å². The molecule has 5 aliphatic rings. The predicted molar refractivity (Wildman–Crippen MR) is 480 cm³/mol. The molecular formula is C96H120ClN7O12S2. The molecule has 10 N–H and O–H groups in total. The number of piperazine rings is 1. The number of aryl methyl sites for hydroxylation is 1. The number of carboxylic acid groups (broad SMARTS) is 2. The molecule has 0 amide bonds. The van der Waals surface area contributed by atoms with Gasteiger partial charge >= 0.3 is 11.9 Å². The molecule has 4 fully saturated rings. The number of aliphatic imine (C=N–C) groups is 1. The lowest BCUT2D eigenvalue weighted by Crippen LogP contribution is -2.49. The Kier molecular flexibility index (Phi) is 34.1. The van der Waals surface area contributed by atoms with Gasteiger partial charge in [-0.2, -0.15) is 11.8 Å². The zero-order valence-electron chi connectivity index (χ0n) is 69.4. The van der Waals surface area contributed by atoms with Crippen LogP contribution in [-0.2, 0) is 21.6 Å². The molecule has 3 aliphatic carbocycles. The minimum atomic E-state index is -1.19. The number of phenolic OH excluding ortho intramolecular Hbond substituents is 1. The molecule has 1 saturated heterocycles. The fourth-order valence-electron chi connectivity index (χ4n) is 16.0. The number of ether oxygens (including phenoxy) is 2. The van der Waals surface area contributed by atoms with Crippen molar-refractivity contribution >= 4 is 87.3 Å². The second-order valence-corrected chi connectivity index (χ2v) is 35.5. The maximum atomic E-state index is 11.5. The molecule has 22 heteroatoms. The average Bonchev–Trinajstić information content (AvgIpc) is 1.05. The van der Waals surface area contributed by atoms with Crippen LogP contribution in [0.1, 0.15) is 176 Å². The Morgan fingerprint density at radius 1 is 0.669 bits per heavy atom. The van der Waals surface area contributed by atoms with Crippen molar-refractivity contribution in [1.82, 2.24) is 24.6 Å². The van der Waals surface area contributed by atoms with E-state index in [1.165, 1.54) is 57.5 Å². The number of hydrogen-bond donors (Lipinski definition) is 9. The number of aromatic carboxylic acids is 1. The number of fused-ring (bicyclic) bond motifs is 3. The topological polar surface area (TPSA) is 279 Å². The van der Waals surface area contributed by atoms with Crippen molar-refractivity contribution in [3.8, 4) is 17.2 Å². The number of hydrogen-bond acceptors (Lipinski definition) is 19. The highest BCUT2D eigenvalue weighted by Gasteiger charge is 2.45. The second-order valence-electron chi connectivity index (χ2n) is 32.8. The number of halogens is 1. The molecule has 2 aliphatic heterocycles. The third-order valence-corrected chi connectivity index (χ3v) is 25.7. The summed E-state index contributed by atoms with van der Waals surface area (Å²) in [4.78, 5) is 43.2. The van der Waals surface area contributed by atoms with Gasteiger partial charge in [-0.25, -0.2) is 14.8 Å². The van der Waals surface area contributed by atoms with Gasteiger partial charge in [0.1, 0.15) is 28.6 Å². The first kappa shape index (κ1) is 91.5. The van der Waals surface area contributed by atoms with Gasteiger partial charge in [0.25, 0.3) is 0 Å². The first-order valence-corrected chi connectivity index (χ1v) is 43.5. The molecule has 0 bridgehead atoms. The third-order valence-electron chi connectivity index (χ3n) is 22.6. The Hall–Kier alpha value is -8.81. The van der Waals surface area contributed by atoms with Crippen molar-refractivity contribution in [3.63, 3.8) is 0 Å². The quantitative estimate of drug-likeness (QED) is 0.0131. The van der Waals surface area contributed by atoms with Crippen molar-refractivity contribution in [1.29, 1.82) is 0 Å². The summed E-state index contributed by atoms with van der Waals surface area (Å²) < 4.78 is 10.6. The molecule has 9 aromatic rings. The van der Waals surface area contributed by atoms with Gasteiger partial charge in [-0.05, 0) is 217 Å². The minimum absolute atomic E-state index is 0.0814. The zero-order valence-corrected chi connectivity index (χ0v) is 71.8. The molecular weight excluding hydrogens is 1540 g/mol. The predicted octanol–water partition coefficient (Wildman–Crippen LogP) is 18.2. The number of nitrogen functional groups attached to an aromatic ring is 1. The number of nitrogens with two attached hydrogens (primary N) is 1. The number of amidine groups is 1. The number of aromatic nitrogens is 1. The van der Waals surface area contributed by atoms with E-state index in [1.807, 2.05) is 113 Å². The lowest BCUT2D eigenvalue weighted by atomic mass is 9.72. The number of aliphatic carboxylic acids is 1. The van der Waals surface area contributed by atoms with E-state index in [0.29, 0.717) is 23.9 Å². The number of methoxy groups -OCH3 is 1. The van der Waals surface area contributed by atoms with Crippen molar-refractivity contribution in [2.45, 2.75) is 154 Å². The van der Waals surface area contributed by atoms with Crippen LogP contribution < -0.4 is 10.5 Å². The van der Waals surface area contributed by atoms with Crippen LogP contribution in [0.2, 0.25) is 5.02 Å². The Morgan fingerprint density at radius 2 is 1.28 bits per heavy atom. The molecule has 14 rings (SSSR count). The number of pyridine rings is 1. The molecule has 3 saturated carbocycles. The number of para-hydroxylation sites is 1. The van der Waals surface area contributed by atoms with Crippen LogP contribution in [0.15, 0.2) is 209 Å². The summed E-state index contributed by atoms with van der Waals surface area (Å²) in [5, 5.41) is 79.9. The number of aromatic hydroxyl groups is 2. The summed E-state index contributed by atoms with van der Waals surface area (Å²) in [5.74, 6) is 1.18. The van der Waals surface area contributed by atoms with Crippen LogP contribution in [0.25, 0.3) is 23.1 Å². The Bertz CT molecular complexity index is 4750. The van der Waals surface area contributed by atoms with Crippen molar-refractivity contribution in [2.75, 3.05) is 112 Å². The van der Waals surface area contributed by atoms with Crippen molar-refractivity contribution < 1.29 is 59.9 Å². The van der Waals surface area contributed by atoms with Gasteiger partial charge in [0.2, 0.25) is 0 Å². The van der Waals surface area contributed by atoms with Crippen LogP contribution in [0, 0.1) is 5.41 Å². The number of carboxylic acids is 2. The van der Waals surface area contributed by atoms with Gasteiger partial charge in [0, 0.05) is 100 Å².